The van der Waals surface area contributed by atoms with Crippen LogP contribution in [0.15, 0.2) is 97.1 Å². The molecule has 0 atom stereocenters. The molecule has 0 aliphatic heterocycles. The number of carbonyl (C=O) groups excluding carboxylic acids is 2. The number of carbonyl (C=O) groups is 2. The minimum atomic E-state index is -0.517. The molecule has 0 spiro atoms. The number of hydrogen-bond acceptors (Lipinski definition) is 4. The van der Waals surface area contributed by atoms with E-state index in [2.05, 4.69) is 5.32 Å². The summed E-state index contributed by atoms with van der Waals surface area (Å²) in [5.41, 5.74) is 3.77. The lowest BCUT2D eigenvalue weighted by atomic mass is 10.1. The Morgan fingerprint density at radius 2 is 1.59 bits per heavy atom. The SMILES string of the molecule is Cc1ccc(CN(C(=O)c2ccc([N+](=O)[O-])cc2)c2cccc(CC(=O)Nc3cccc(F)c3)c2)cc1. The summed E-state index contributed by atoms with van der Waals surface area (Å²) < 4.78 is 13.4. The van der Waals surface area contributed by atoms with Crippen LogP contribution in [0.2, 0.25) is 0 Å². The van der Waals surface area contributed by atoms with Gasteiger partial charge in [0.15, 0.2) is 0 Å². The van der Waals surface area contributed by atoms with Gasteiger partial charge in [-0.05, 0) is 60.5 Å². The van der Waals surface area contributed by atoms with Crippen LogP contribution in [-0.2, 0) is 17.8 Å². The van der Waals surface area contributed by atoms with Crippen LogP contribution in [-0.4, -0.2) is 16.7 Å². The van der Waals surface area contributed by atoms with E-state index in [1.165, 1.54) is 42.5 Å². The van der Waals surface area contributed by atoms with Crippen molar-refractivity contribution in [1.82, 2.24) is 0 Å². The van der Waals surface area contributed by atoms with Crippen LogP contribution in [0.3, 0.4) is 0 Å². The molecular weight excluding hydrogens is 473 g/mol. The molecule has 0 unspecified atom stereocenters. The molecule has 2 amide bonds. The second-order valence-corrected chi connectivity index (χ2v) is 8.59. The van der Waals surface area contributed by atoms with Gasteiger partial charge in [0.25, 0.3) is 11.6 Å². The average molecular weight is 498 g/mol. The number of aryl methyl sites for hydroxylation is 1. The fourth-order valence-corrected chi connectivity index (χ4v) is 3.83. The number of halogens is 1. The molecule has 37 heavy (non-hydrogen) atoms. The first kappa shape index (κ1) is 25.2. The highest BCUT2D eigenvalue weighted by atomic mass is 19.1. The first-order valence-electron chi connectivity index (χ1n) is 11.5. The number of non-ortho nitro benzene ring substituents is 1. The van der Waals surface area contributed by atoms with Gasteiger partial charge in [0, 0.05) is 29.1 Å². The molecule has 0 aliphatic rings. The molecule has 0 saturated carbocycles. The highest BCUT2D eigenvalue weighted by Crippen LogP contribution is 2.24. The van der Waals surface area contributed by atoms with Crippen molar-refractivity contribution < 1.29 is 18.9 Å². The lowest BCUT2D eigenvalue weighted by Crippen LogP contribution is -2.30. The zero-order valence-corrected chi connectivity index (χ0v) is 20.1. The standard InChI is InChI=1S/C29H24FN3O4/c1-20-8-10-21(11-9-20)19-32(29(35)23-12-14-26(15-13-23)33(36)37)27-7-2-4-22(16-27)17-28(34)31-25-6-3-5-24(30)18-25/h2-16,18H,17,19H2,1H3,(H,31,34). The molecule has 4 rings (SSSR count). The minimum Gasteiger partial charge on any atom is -0.326 e. The van der Waals surface area contributed by atoms with Crippen LogP contribution < -0.4 is 10.2 Å². The smallest absolute Gasteiger partial charge is 0.269 e. The Bertz CT molecular complexity index is 1440. The number of anilines is 2. The first-order chi connectivity index (χ1) is 17.8. The lowest BCUT2D eigenvalue weighted by molar-refractivity contribution is -0.384. The van der Waals surface area contributed by atoms with Gasteiger partial charge < -0.3 is 10.2 Å². The number of amides is 2. The van der Waals surface area contributed by atoms with Gasteiger partial charge in [0.05, 0.1) is 17.9 Å². The summed E-state index contributed by atoms with van der Waals surface area (Å²) in [6, 6.07) is 25.9. The average Bonchev–Trinajstić information content (AvgIpc) is 2.88. The number of rotatable bonds is 8. The third-order valence-corrected chi connectivity index (χ3v) is 5.73. The van der Waals surface area contributed by atoms with Gasteiger partial charge >= 0.3 is 0 Å². The minimum absolute atomic E-state index is 0.0223. The molecule has 1 N–H and O–H groups in total. The van der Waals surface area contributed by atoms with Crippen molar-refractivity contribution >= 4 is 28.9 Å². The Kier molecular flexibility index (Phi) is 7.68. The molecule has 8 heteroatoms. The third kappa shape index (κ3) is 6.64. The van der Waals surface area contributed by atoms with Gasteiger partial charge in [-0.1, -0.05) is 48.0 Å². The Balaban J connectivity index is 1.60. The molecule has 4 aromatic rings. The molecule has 0 fully saturated rings. The maximum absolute atomic E-state index is 13.5. The van der Waals surface area contributed by atoms with Crippen molar-refractivity contribution in [3.63, 3.8) is 0 Å². The van der Waals surface area contributed by atoms with Gasteiger partial charge in [0.2, 0.25) is 5.91 Å². The van der Waals surface area contributed by atoms with E-state index in [9.17, 15) is 24.1 Å². The van der Waals surface area contributed by atoms with Gasteiger partial charge in [-0.2, -0.15) is 0 Å². The molecule has 0 bridgehead atoms. The molecule has 0 aromatic heterocycles. The van der Waals surface area contributed by atoms with Crippen molar-refractivity contribution in [1.29, 1.82) is 0 Å². The Morgan fingerprint density at radius 1 is 0.892 bits per heavy atom. The summed E-state index contributed by atoms with van der Waals surface area (Å²) >= 11 is 0. The topological polar surface area (TPSA) is 92.6 Å². The molecule has 0 saturated heterocycles. The molecule has 186 valence electrons. The fourth-order valence-electron chi connectivity index (χ4n) is 3.83. The van der Waals surface area contributed by atoms with Crippen LogP contribution >= 0.6 is 0 Å². The zero-order valence-electron chi connectivity index (χ0n) is 20.1. The van der Waals surface area contributed by atoms with Crippen LogP contribution in [0, 0.1) is 22.9 Å². The largest absolute Gasteiger partial charge is 0.326 e. The predicted molar refractivity (Wildman–Crippen MR) is 140 cm³/mol. The maximum atomic E-state index is 13.5. The monoisotopic (exact) mass is 497 g/mol. The number of hydrogen-bond donors (Lipinski definition) is 1. The van der Waals surface area contributed by atoms with E-state index < -0.39 is 10.7 Å². The number of benzene rings is 4. The lowest BCUT2D eigenvalue weighted by Gasteiger charge is -2.24. The molecule has 7 nitrogen and oxygen atoms in total. The maximum Gasteiger partial charge on any atom is 0.269 e. The summed E-state index contributed by atoms with van der Waals surface area (Å²) in [5.74, 6) is -1.11. The molecule has 4 aromatic carbocycles. The van der Waals surface area contributed by atoms with Crippen LogP contribution in [0.4, 0.5) is 21.5 Å². The first-order valence-corrected chi connectivity index (χ1v) is 11.5. The Hall–Kier alpha value is -4.85. The van der Waals surface area contributed by atoms with E-state index in [1.54, 1.807) is 35.2 Å². The molecular formula is C29H24FN3O4. The Morgan fingerprint density at radius 3 is 2.27 bits per heavy atom. The van der Waals surface area contributed by atoms with E-state index in [4.69, 9.17) is 0 Å². The second-order valence-electron chi connectivity index (χ2n) is 8.59. The number of nitro benzene ring substituents is 1. The second kappa shape index (κ2) is 11.3. The number of nitro groups is 1. The normalized spacial score (nSPS) is 10.5. The van der Waals surface area contributed by atoms with Crippen molar-refractivity contribution in [2.75, 3.05) is 10.2 Å². The summed E-state index contributed by atoms with van der Waals surface area (Å²) in [6.45, 7) is 2.23. The van der Waals surface area contributed by atoms with E-state index in [-0.39, 0.29) is 30.5 Å². The van der Waals surface area contributed by atoms with Crippen LogP contribution in [0.1, 0.15) is 27.0 Å². The molecule has 0 heterocycles. The van der Waals surface area contributed by atoms with Crippen molar-refractivity contribution in [3.8, 4) is 0 Å². The van der Waals surface area contributed by atoms with Crippen molar-refractivity contribution in [2.45, 2.75) is 19.9 Å². The third-order valence-electron chi connectivity index (χ3n) is 5.73. The van der Waals surface area contributed by atoms with E-state index >= 15 is 0 Å². The van der Waals surface area contributed by atoms with Gasteiger partial charge in [-0.3, -0.25) is 19.7 Å². The van der Waals surface area contributed by atoms with E-state index in [0.29, 0.717) is 22.5 Å². The van der Waals surface area contributed by atoms with Gasteiger partial charge in [-0.25, -0.2) is 4.39 Å². The highest BCUT2D eigenvalue weighted by Gasteiger charge is 2.20. The summed E-state index contributed by atoms with van der Waals surface area (Å²) in [6.07, 6.45) is 0.0223. The molecule has 0 aliphatic carbocycles. The van der Waals surface area contributed by atoms with E-state index in [0.717, 1.165) is 11.1 Å². The Labute approximate surface area is 213 Å². The highest BCUT2D eigenvalue weighted by molar-refractivity contribution is 6.06. The van der Waals surface area contributed by atoms with Gasteiger partial charge in [0.1, 0.15) is 5.82 Å². The quantitative estimate of drug-likeness (QED) is 0.236. The van der Waals surface area contributed by atoms with E-state index in [1.807, 2.05) is 31.2 Å². The summed E-state index contributed by atoms with van der Waals surface area (Å²) in [5, 5.41) is 13.7. The number of nitrogens with one attached hydrogen (secondary N) is 1. The van der Waals surface area contributed by atoms with Crippen molar-refractivity contribution in [3.05, 3.63) is 135 Å². The van der Waals surface area contributed by atoms with Crippen molar-refractivity contribution in [2.24, 2.45) is 0 Å². The summed E-state index contributed by atoms with van der Waals surface area (Å²) in [4.78, 5) is 38.2. The van der Waals surface area contributed by atoms with Crippen LogP contribution in [0.25, 0.3) is 0 Å². The predicted octanol–water partition coefficient (Wildman–Crippen LogP) is 6.07. The van der Waals surface area contributed by atoms with Crippen LogP contribution in [0.5, 0.6) is 0 Å². The van der Waals surface area contributed by atoms with Gasteiger partial charge in [-0.15, -0.1) is 0 Å². The number of nitrogens with zero attached hydrogens (tertiary/aromatic N) is 2. The summed E-state index contributed by atoms with van der Waals surface area (Å²) in [7, 11) is 0. The zero-order chi connectivity index (χ0) is 26.4. The molecule has 0 radical (unpaired) electrons. The fraction of sp³-hybridized carbons (Fsp3) is 0.103.